The number of nitrogens with zero attached hydrogens (tertiary/aromatic N) is 4. The minimum absolute atomic E-state index is 0.00705. The molecule has 0 aliphatic carbocycles. The normalized spacial score (nSPS) is 12.2. The number of hydrogen-bond acceptors (Lipinski definition) is 8. The Morgan fingerprint density at radius 2 is 1.61 bits per heavy atom. The molecule has 264 valence electrons. The molecule has 0 bridgehead atoms. The van der Waals surface area contributed by atoms with Crippen molar-refractivity contribution < 1.29 is 36.6 Å². The first kappa shape index (κ1) is 34.8. The van der Waals surface area contributed by atoms with Crippen molar-refractivity contribution in [2.24, 2.45) is 7.05 Å². The van der Waals surface area contributed by atoms with Gasteiger partial charge in [0, 0.05) is 31.0 Å². The Labute approximate surface area is 290 Å². The highest BCUT2D eigenvalue weighted by atomic mass is 32.2. The van der Waals surface area contributed by atoms with Crippen LogP contribution in [0.5, 0.6) is 11.5 Å². The number of aromatic nitrogens is 4. The molecular formula is C35H32F2N6O7S. The molecule has 4 aromatic carbocycles. The third kappa shape index (κ3) is 7.45. The van der Waals surface area contributed by atoms with Crippen molar-refractivity contribution in [3.8, 4) is 17.2 Å². The number of rotatable bonds is 12. The van der Waals surface area contributed by atoms with Crippen molar-refractivity contribution in [2.75, 3.05) is 24.7 Å². The molecule has 3 N–H and O–H groups in total. The summed E-state index contributed by atoms with van der Waals surface area (Å²) in [5.41, 5.74) is 0.968. The number of methoxy groups -OCH3 is 2. The number of fused-ring (bicyclic) bond motifs is 2. The molecule has 0 spiro atoms. The SMILES string of the molecule is COc1ccc(CCS(=O)(=O)Nc2nn(C)c3c(-n4c([C@H](Cc5cc(F)cc(F)c5)NC(=O)O)nc5cc(OC)ccc5c4=O)cccc23)cc1. The number of halogens is 2. The zero-order valence-corrected chi connectivity index (χ0v) is 28.4. The summed E-state index contributed by atoms with van der Waals surface area (Å²) in [4.78, 5) is 31.2. The highest BCUT2D eigenvalue weighted by Crippen LogP contribution is 2.31. The van der Waals surface area contributed by atoms with Gasteiger partial charge >= 0.3 is 6.09 Å². The van der Waals surface area contributed by atoms with E-state index < -0.39 is 39.4 Å². The van der Waals surface area contributed by atoms with E-state index >= 15 is 0 Å². The maximum Gasteiger partial charge on any atom is 0.405 e. The maximum atomic E-state index is 14.4. The average molecular weight is 719 g/mol. The number of sulfonamides is 1. The highest BCUT2D eigenvalue weighted by molar-refractivity contribution is 7.92. The molecule has 13 nitrogen and oxygen atoms in total. The minimum Gasteiger partial charge on any atom is -0.497 e. The molecule has 6 aromatic rings. The van der Waals surface area contributed by atoms with Gasteiger partial charge in [-0.3, -0.25) is 18.8 Å². The van der Waals surface area contributed by atoms with Gasteiger partial charge in [0.25, 0.3) is 5.56 Å². The number of nitrogens with one attached hydrogen (secondary N) is 2. The zero-order chi connectivity index (χ0) is 36.4. The summed E-state index contributed by atoms with van der Waals surface area (Å²) in [6.07, 6.45) is -1.55. The van der Waals surface area contributed by atoms with Crippen molar-refractivity contribution in [3.63, 3.8) is 0 Å². The summed E-state index contributed by atoms with van der Waals surface area (Å²) >= 11 is 0. The van der Waals surface area contributed by atoms with Gasteiger partial charge in [0.1, 0.15) is 29.0 Å². The zero-order valence-electron chi connectivity index (χ0n) is 27.6. The Morgan fingerprint density at radius 1 is 0.922 bits per heavy atom. The first-order chi connectivity index (χ1) is 24.3. The number of aryl methyl sites for hydroxylation is 2. The van der Waals surface area contributed by atoms with Gasteiger partial charge in [-0.25, -0.2) is 27.0 Å². The lowest BCUT2D eigenvalue weighted by atomic mass is 10.0. The van der Waals surface area contributed by atoms with E-state index in [1.165, 1.54) is 35.6 Å². The molecule has 2 aromatic heterocycles. The fourth-order valence-corrected chi connectivity index (χ4v) is 6.96. The molecule has 0 saturated heterocycles. The summed E-state index contributed by atoms with van der Waals surface area (Å²) < 4.78 is 70.5. The Balaban J connectivity index is 1.48. The van der Waals surface area contributed by atoms with Gasteiger partial charge in [-0.05, 0) is 66.1 Å². The molecule has 51 heavy (non-hydrogen) atoms. The summed E-state index contributed by atoms with van der Waals surface area (Å²) in [5, 5.41) is 17.1. The second-order valence-corrected chi connectivity index (χ2v) is 13.5. The molecule has 0 fully saturated rings. The molecule has 0 aliphatic heterocycles. The van der Waals surface area contributed by atoms with Crippen molar-refractivity contribution in [3.05, 3.63) is 118 Å². The van der Waals surface area contributed by atoms with Crippen molar-refractivity contribution in [2.45, 2.75) is 18.9 Å². The van der Waals surface area contributed by atoms with Gasteiger partial charge in [0.15, 0.2) is 5.82 Å². The second kappa shape index (κ2) is 14.1. The fraction of sp³-hybridized carbons (Fsp3) is 0.200. The summed E-state index contributed by atoms with van der Waals surface area (Å²) in [7, 11) is 0.627. The highest BCUT2D eigenvalue weighted by Gasteiger charge is 2.27. The van der Waals surface area contributed by atoms with Gasteiger partial charge in [-0.1, -0.05) is 18.2 Å². The number of benzene rings is 4. The second-order valence-electron chi connectivity index (χ2n) is 11.6. The number of amides is 1. The lowest BCUT2D eigenvalue weighted by Crippen LogP contribution is -2.35. The van der Waals surface area contributed by atoms with Crippen LogP contribution in [0.1, 0.15) is 23.0 Å². The van der Waals surface area contributed by atoms with Gasteiger partial charge in [-0.15, -0.1) is 0 Å². The van der Waals surface area contributed by atoms with Crippen LogP contribution >= 0.6 is 0 Å². The lowest BCUT2D eigenvalue weighted by molar-refractivity contribution is 0.189. The predicted molar refractivity (Wildman–Crippen MR) is 186 cm³/mol. The molecule has 1 amide bonds. The van der Waals surface area contributed by atoms with Gasteiger partial charge in [0.05, 0.1) is 48.1 Å². The number of ether oxygens (including phenoxy) is 2. The van der Waals surface area contributed by atoms with E-state index in [1.807, 2.05) is 0 Å². The Hall–Kier alpha value is -6.03. The summed E-state index contributed by atoms with van der Waals surface area (Å²) in [6, 6.07) is 17.9. The standard InChI is InChI=1S/C35H32F2N6O7S/c1-42-31-27(32(40-42)41-51(47,48)14-13-20-7-9-24(49-2)10-8-20)5-4-6-30(31)43-33(38-28-19-25(50-3)11-12-26(28)34(43)44)29(39-35(45)46)17-21-15-22(36)18-23(37)16-21/h4-12,15-16,18-19,29,39H,13-14,17H2,1-3H3,(H,40,41)(H,45,46)/t29-/m0/s1. The van der Waals surface area contributed by atoms with E-state index in [1.54, 1.807) is 55.6 Å². The van der Waals surface area contributed by atoms with Crippen molar-refractivity contribution in [1.82, 2.24) is 24.6 Å². The number of carboxylic acid groups (broad SMARTS) is 1. The van der Waals surface area contributed by atoms with E-state index in [-0.39, 0.29) is 52.4 Å². The fourth-order valence-electron chi connectivity index (χ4n) is 5.91. The van der Waals surface area contributed by atoms with Crippen LogP contribution in [0.25, 0.3) is 27.5 Å². The maximum absolute atomic E-state index is 14.4. The van der Waals surface area contributed by atoms with E-state index in [2.05, 4.69) is 15.1 Å². The summed E-state index contributed by atoms with van der Waals surface area (Å²) in [6.45, 7) is 0. The number of anilines is 1. The van der Waals surface area contributed by atoms with Crippen LogP contribution in [-0.2, 0) is 29.9 Å². The first-order valence-electron chi connectivity index (χ1n) is 15.5. The minimum atomic E-state index is -3.91. The van der Waals surface area contributed by atoms with Gasteiger partial charge in [0.2, 0.25) is 10.0 Å². The van der Waals surface area contributed by atoms with Crippen LogP contribution in [0.2, 0.25) is 0 Å². The molecule has 1 atom stereocenters. The molecule has 0 radical (unpaired) electrons. The largest absolute Gasteiger partial charge is 0.497 e. The Morgan fingerprint density at radius 3 is 2.27 bits per heavy atom. The Bertz CT molecular complexity index is 2430. The molecule has 0 unspecified atom stereocenters. The molecule has 6 rings (SSSR count). The van der Waals surface area contributed by atoms with Crippen LogP contribution in [0, 0.1) is 11.6 Å². The van der Waals surface area contributed by atoms with Crippen LogP contribution in [0.3, 0.4) is 0 Å². The van der Waals surface area contributed by atoms with Crippen LogP contribution in [-0.4, -0.2) is 58.9 Å². The number of carbonyl (C=O) groups is 1. The Kier molecular flexibility index (Phi) is 9.60. The summed E-state index contributed by atoms with van der Waals surface area (Å²) in [5.74, 6) is -1.06. The lowest BCUT2D eigenvalue weighted by Gasteiger charge is -2.22. The van der Waals surface area contributed by atoms with Gasteiger partial charge < -0.3 is 19.9 Å². The van der Waals surface area contributed by atoms with Crippen LogP contribution in [0.4, 0.5) is 19.4 Å². The van der Waals surface area contributed by atoms with E-state index in [9.17, 15) is 31.9 Å². The van der Waals surface area contributed by atoms with E-state index in [0.29, 0.717) is 28.5 Å². The average Bonchev–Trinajstić information content (AvgIpc) is 3.40. The van der Waals surface area contributed by atoms with E-state index in [4.69, 9.17) is 14.5 Å². The monoisotopic (exact) mass is 718 g/mol. The quantitative estimate of drug-likeness (QED) is 0.156. The topological polar surface area (TPSA) is 167 Å². The third-order valence-electron chi connectivity index (χ3n) is 8.23. The number of para-hydroxylation sites is 1. The van der Waals surface area contributed by atoms with Gasteiger partial charge in [-0.2, -0.15) is 5.10 Å². The first-order valence-corrected chi connectivity index (χ1v) is 17.2. The van der Waals surface area contributed by atoms with Crippen LogP contribution in [0.15, 0.2) is 83.7 Å². The van der Waals surface area contributed by atoms with E-state index in [0.717, 1.165) is 17.7 Å². The smallest absolute Gasteiger partial charge is 0.405 e. The molecule has 2 heterocycles. The molecule has 0 saturated carbocycles. The molecular weight excluding hydrogens is 686 g/mol. The third-order valence-corrected chi connectivity index (χ3v) is 9.48. The van der Waals surface area contributed by atoms with Crippen molar-refractivity contribution >= 4 is 43.7 Å². The number of hydrogen-bond donors (Lipinski definition) is 3. The molecule has 0 aliphatic rings. The predicted octanol–water partition coefficient (Wildman–Crippen LogP) is 5.10. The molecule has 16 heteroatoms. The van der Waals surface area contributed by atoms with Crippen molar-refractivity contribution in [1.29, 1.82) is 0 Å². The van der Waals surface area contributed by atoms with Crippen LogP contribution < -0.4 is 25.1 Å².